The van der Waals surface area contributed by atoms with Gasteiger partial charge in [0, 0.05) is 49.3 Å². The van der Waals surface area contributed by atoms with Crippen LogP contribution in [0.15, 0.2) is 30.6 Å². The third-order valence-corrected chi connectivity index (χ3v) is 5.81. The summed E-state index contributed by atoms with van der Waals surface area (Å²) >= 11 is 0. The summed E-state index contributed by atoms with van der Waals surface area (Å²) in [5.74, 6) is 1.26. The lowest BCUT2D eigenvalue weighted by Gasteiger charge is -2.37. The Bertz CT molecular complexity index is 1340. The molecule has 1 aliphatic rings. The van der Waals surface area contributed by atoms with Gasteiger partial charge in [-0.05, 0) is 32.9 Å². The lowest BCUT2D eigenvalue weighted by Crippen LogP contribution is -2.54. The Kier molecular flexibility index (Phi) is 4.87. The number of aromatic nitrogens is 4. The third-order valence-electron chi connectivity index (χ3n) is 5.81. The van der Waals surface area contributed by atoms with E-state index in [1.165, 1.54) is 0 Å². The largest absolute Gasteiger partial charge is 0.493 e. The Hall–Kier alpha value is -3.77. The van der Waals surface area contributed by atoms with E-state index in [4.69, 9.17) is 4.74 Å². The number of nitriles is 1. The molecule has 3 aromatic heterocycles. The van der Waals surface area contributed by atoms with Crippen LogP contribution in [0.5, 0.6) is 5.75 Å². The number of ether oxygens (including phenoxy) is 1. The van der Waals surface area contributed by atoms with E-state index >= 15 is 0 Å². The van der Waals surface area contributed by atoms with Crippen molar-refractivity contribution in [2.45, 2.75) is 32.9 Å². The zero-order chi connectivity index (χ0) is 22.4. The first kappa shape index (κ1) is 20.2. The van der Waals surface area contributed by atoms with Crippen molar-refractivity contribution in [2.24, 2.45) is 0 Å². The van der Waals surface area contributed by atoms with Crippen molar-refractivity contribution in [1.82, 2.24) is 24.9 Å². The molecule has 3 N–H and O–H groups in total. The van der Waals surface area contributed by atoms with E-state index in [-0.39, 0.29) is 0 Å². The molecule has 1 aliphatic heterocycles. The predicted molar refractivity (Wildman–Crippen MR) is 125 cm³/mol. The van der Waals surface area contributed by atoms with Gasteiger partial charge in [0.15, 0.2) is 17.2 Å². The van der Waals surface area contributed by atoms with Gasteiger partial charge in [-0.2, -0.15) is 10.4 Å². The molecular weight excluding hydrogens is 404 g/mol. The highest BCUT2D eigenvalue weighted by Crippen LogP contribution is 2.33. The summed E-state index contributed by atoms with van der Waals surface area (Å²) in [5.41, 5.74) is 4.89. The van der Waals surface area contributed by atoms with Gasteiger partial charge in [0.05, 0.1) is 35.0 Å². The molecule has 0 spiro atoms. The average Bonchev–Trinajstić information content (AvgIpc) is 3.34. The van der Waals surface area contributed by atoms with Crippen molar-refractivity contribution in [3.05, 3.63) is 41.9 Å². The van der Waals surface area contributed by atoms with Gasteiger partial charge in [-0.15, -0.1) is 0 Å². The van der Waals surface area contributed by atoms with Crippen LogP contribution >= 0.6 is 0 Å². The minimum absolute atomic E-state index is 0.385. The standard InChI is InChI=1S/C23H26N8O/c1-13-9-30(10-14(2)25-13)18-5-16(8-24)21-19(7-18)28-29-22(21)27-17-6-20(32-4)23-26-15(3)11-31(23)12-17/h5-7,11-14,25H,9-10H2,1-4H3,(H2,27,28,29)/t13-,14+. The lowest BCUT2D eigenvalue weighted by molar-refractivity contribution is 0.407. The number of methoxy groups -OCH3 is 1. The number of anilines is 3. The number of nitrogens with zero attached hydrogens (tertiary/aromatic N) is 5. The molecular formula is C23H26N8O. The Balaban J connectivity index is 1.53. The SMILES string of the molecule is COc1cc(Nc2n[nH]c3cc(N4C[C@@H](C)N[C@@H](C)C4)cc(C#N)c23)cn2cc(C)nc12. The summed E-state index contributed by atoms with van der Waals surface area (Å²) in [4.78, 5) is 6.82. The fraction of sp³-hybridized carbons (Fsp3) is 0.348. The highest BCUT2D eigenvalue weighted by Gasteiger charge is 2.23. The Morgan fingerprint density at radius 1 is 1.19 bits per heavy atom. The number of piperazine rings is 1. The van der Waals surface area contributed by atoms with Gasteiger partial charge in [-0.3, -0.25) is 5.10 Å². The van der Waals surface area contributed by atoms with Gasteiger partial charge in [0.2, 0.25) is 0 Å². The number of nitrogens with one attached hydrogen (secondary N) is 3. The molecule has 9 nitrogen and oxygen atoms in total. The van der Waals surface area contributed by atoms with Crippen molar-refractivity contribution < 1.29 is 4.74 Å². The molecule has 0 aliphatic carbocycles. The maximum Gasteiger partial charge on any atom is 0.180 e. The summed E-state index contributed by atoms with van der Waals surface area (Å²) in [5, 5.41) is 25.1. The number of aryl methyl sites for hydroxylation is 1. The number of rotatable bonds is 4. The molecule has 0 bridgehead atoms. The molecule has 1 aromatic carbocycles. The maximum atomic E-state index is 9.91. The molecule has 164 valence electrons. The molecule has 2 atom stereocenters. The Morgan fingerprint density at radius 3 is 2.69 bits per heavy atom. The number of fused-ring (bicyclic) bond motifs is 2. The molecule has 0 amide bonds. The lowest BCUT2D eigenvalue weighted by atomic mass is 10.1. The summed E-state index contributed by atoms with van der Waals surface area (Å²) in [6.07, 6.45) is 3.87. The van der Waals surface area contributed by atoms with E-state index in [9.17, 15) is 5.26 Å². The van der Waals surface area contributed by atoms with Crippen LogP contribution in [0.25, 0.3) is 16.6 Å². The summed E-state index contributed by atoms with van der Waals surface area (Å²) in [6.45, 7) is 8.08. The number of aromatic amines is 1. The highest BCUT2D eigenvalue weighted by molar-refractivity contribution is 5.98. The zero-order valence-electron chi connectivity index (χ0n) is 18.6. The van der Waals surface area contributed by atoms with Crippen molar-refractivity contribution in [2.75, 3.05) is 30.4 Å². The molecule has 0 unspecified atom stereocenters. The van der Waals surface area contributed by atoms with Gasteiger partial charge in [-0.25, -0.2) is 4.98 Å². The normalized spacial score (nSPS) is 18.8. The topological polar surface area (TPSA) is 106 Å². The predicted octanol–water partition coefficient (Wildman–Crippen LogP) is 3.33. The fourth-order valence-corrected chi connectivity index (χ4v) is 4.59. The second-order valence-corrected chi connectivity index (χ2v) is 8.51. The molecule has 0 saturated carbocycles. The minimum atomic E-state index is 0.385. The number of hydrogen-bond acceptors (Lipinski definition) is 7. The van der Waals surface area contributed by atoms with Crippen LogP contribution in [-0.4, -0.2) is 51.9 Å². The summed E-state index contributed by atoms with van der Waals surface area (Å²) in [6, 6.07) is 9.04. The van der Waals surface area contributed by atoms with Crippen LogP contribution in [-0.2, 0) is 0 Å². The first-order valence-electron chi connectivity index (χ1n) is 10.7. The summed E-state index contributed by atoms with van der Waals surface area (Å²) < 4.78 is 7.44. The number of hydrogen-bond donors (Lipinski definition) is 3. The molecule has 5 rings (SSSR count). The third kappa shape index (κ3) is 3.48. The molecule has 4 heterocycles. The van der Waals surface area contributed by atoms with Crippen molar-refractivity contribution in [3.63, 3.8) is 0 Å². The highest BCUT2D eigenvalue weighted by atomic mass is 16.5. The first-order chi connectivity index (χ1) is 15.4. The van der Waals surface area contributed by atoms with Crippen LogP contribution in [0.2, 0.25) is 0 Å². The second kappa shape index (κ2) is 7.73. The van der Waals surface area contributed by atoms with Gasteiger partial charge in [-0.1, -0.05) is 0 Å². The van der Waals surface area contributed by atoms with E-state index in [2.05, 4.69) is 56.7 Å². The van der Waals surface area contributed by atoms with Gasteiger partial charge < -0.3 is 24.7 Å². The van der Waals surface area contributed by atoms with Crippen LogP contribution in [0, 0.1) is 18.3 Å². The average molecular weight is 431 g/mol. The van der Waals surface area contributed by atoms with Crippen molar-refractivity contribution in [1.29, 1.82) is 5.26 Å². The van der Waals surface area contributed by atoms with Gasteiger partial charge in [0.1, 0.15) is 6.07 Å². The molecule has 4 aromatic rings. The van der Waals surface area contributed by atoms with Crippen LogP contribution in [0.1, 0.15) is 25.1 Å². The van der Waals surface area contributed by atoms with Gasteiger partial charge in [0.25, 0.3) is 0 Å². The fourth-order valence-electron chi connectivity index (χ4n) is 4.59. The van der Waals surface area contributed by atoms with Crippen molar-refractivity contribution in [3.8, 4) is 11.8 Å². The summed E-state index contributed by atoms with van der Waals surface area (Å²) in [7, 11) is 1.63. The van der Waals surface area contributed by atoms with Crippen molar-refractivity contribution >= 4 is 33.7 Å². The Morgan fingerprint density at radius 2 is 1.97 bits per heavy atom. The van der Waals surface area contributed by atoms with E-state index in [1.54, 1.807) is 7.11 Å². The van der Waals surface area contributed by atoms with E-state index < -0.39 is 0 Å². The van der Waals surface area contributed by atoms with E-state index in [0.29, 0.717) is 29.2 Å². The monoisotopic (exact) mass is 430 g/mol. The minimum Gasteiger partial charge on any atom is -0.493 e. The van der Waals surface area contributed by atoms with E-state index in [1.807, 2.05) is 35.9 Å². The second-order valence-electron chi connectivity index (χ2n) is 8.51. The van der Waals surface area contributed by atoms with Gasteiger partial charge >= 0.3 is 0 Å². The molecule has 0 radical (unpaired) electrons. The number of H-pyrrole nitrogens is 1. The number of benzene rings is 1. The molecule has 1 saturated heterocycles. The first-order valence-corrected chi connectivity index (χ1v) is 10.7. The maximum absolute atomic E-state index is 9.91. The quantitative estimate of drug-likeness (QED) is 0.456. The number of pyridine rings is 1. The van der Waals surface area contributed by atoms with Crippen LogP contribution in [0.3, 0.4) is 0 Å². The van der Waals surface area contributed by atoms with Crippen LogP contribution < -0.4 is 20.3 Å². The Labute approximate surface area is 186 Å². The number of imidazole rings is 1. The zero-order valence-corrected chi connectivity index (χ0v) is 18.6. The molecule has 32 heavy (non-hydrogen) atoms. The molecule has 1 fully saturated rings. The van der Waals surface area contributed by atoms with Crippen LogP contribution in [0.4, 0.5) is 17.2 Å². The molecule has 9 heteroatoms. The smallest absolute Gasteiger partial charge is 0.180 e. The van der Waals surface area contributed by atoms with E-state index in [0.717, 1.165) is 46.7 Å².